The van der Waals surface area contributed by atoms with Crippen molar-refractivity contribution in [3.8, 4) is 0 Å². The number of aromatic nitrogens is 2. The molecular formula is C9H12N2O. The summed E-state index contributed by atoms with van der Waals surface area (Å²) in [6.45, 7) is 3.50. The fourth-order valence-electron chi connectivity index (χ4n) is 0.976. The number of allylic oxidation sites excluding steroid dienone is 1. The van der Waals surface area contributed by atoms with Gasteiger partial charge < -0.3 is 4.57 Å². The lowest BCUT2D eigenvalue weighted by molar-refractivity contribution is -0.117. The Kier molecular flexibility index (Phi) is 2.80. The highest BCUT2D eigenvalue weighted by Crippen LogP contribution is 1.98. The quantitative estimate of drug-likeness (QED) is 0.625. The summed E-state index contributed by atoms with van der Waals surface area (Å²) in [5.41, 5.74) is 0. The minimum Gasteiger partial charge on any atom is -0.338 e. The van der Waals surface area contributed by atoms with Crippen LogP contribution in [0.3, 0.4) is 0 Å². The van der Waals surface area contributed by atoms with E-state index in [2.05, 4.69) is 11.6 Å². The van der Waals surface area contributed by atoms with Crippen molar-refractivity contribution in [2.75, 3.05) is 0 Å². The lowest BCUT2D eigenvalue weighted by atomic mass is 10.2. The number of carbonyl (C=O) groups excluding carboxylic acids is 1. The highest BCUT2D eigenvalue weighted by Gasteiger charge is 2.04. The second-order valence-corrected chi connectivity index (χ2v) is 2.66. The molecule has 0 fully saturated rings. The molecule has 0 aliphatic rings. The molecule has 0 atom stereocenters. The third kappa shape index (κ3) is 2.05. The first-order valence-electron chi connectivity index (χ1n) is 3.83. The number of hydrogen-bond acceptors (Lipinski definition) is 2. The number of aryl methyl sites for hydroxylation is 1. The van der Waals surface area contributed by atoms with E-state index in [9.17, 15) is 4.79 Å². The van der Waals surface area contributed by atoms with Crippen LogP contribution in [0.4, 0.5) is 0 Å². The predicted octanol–water partition coefficient (Wildman–Crippen LogP) is 1.11. The second-order valence-electron chi connectivity index (χ2n) is 2.66. The average molecular weight is 164 g/mol. The highest BCUT2D eigenvalue weighted by molar-refractivity contribution is 5.81. The molecule has 0 amide bonds. The Morgan fingerprint density at radius 2 is 2.58 bits per heavy atom. The van der Waals surface area contributed by atoms with Gasteiger partial charge in [-0.25, -0.2) is 4.98 Å². The van der Waals surface area contributed by atoms with Gasteiger partial charge in [-0.2, -0.15) is 0 Å². The van der Waals surface area contributed by atoms with Crippen molar-refractivity contribution in [3.63, 3.8) is 0 Å². The number of carbonyl (C=O) groups is 1. The van der Waals surface area contributed by atoms with Crippen LogP contribution in [0, 0.1) is 0 Å². The van der Waals surface area contributed by atoms with Crippen LogP contribution in [0.1, 0.15) is 12.2 Å². The Labute approximate surface area is 71.7 Å². The Hall–Kier alpha value is -1.38. The van der Waals surface area contributed by atoms with Gasteiger partial charge >= 0.3 is 0 Å². The summed E-state index contributed by atoms with van der Waals surface area (Å²) in [6.07, 6.45) is 5.96. The molecule has 0 aliphatic heterocycles. The molecule has 0 unspecified atom stereocenters. The standard InChI is InChI=1S/C9H12N2O/c1-3-4-8(12)7-9-10-5-6-11(9)2/h3,5-6H,1,4,7H2,2H3. The van der Waals surface area contributed by atoms with Crippen molar-refractivity contribution in [1.29, 1.82) is 0 Å². The van der Waals surface area contributed by atoms with Gasteiger partial charge in [-0.05, 0) is 0 Å². The Morgan fingerprint density at radius 3 is 3.08 bits per heavy atom. The molecule has 1 rings (SSSR count). The van der Waals surface area contributed by atoms with Crippen molar-refractivity contribution < 1.29 is 4.79 Å². The van der Waals surface area contributed by atoms with Gasteiger partial charge in [-0.3, -0.25) is 4.79 Å². The van der Waals surface area contributed by atoms with E-state index in [-0.39, 0.29) is 5.78 Å². The Bertz CT molecular complexity index is 288. The maximum Gasteiger partial charge on any atom is 0.144 e. The third-order valence-electron chi connectivity index (χ3n) is 1.65. The molecule has 1 heterocycles. The summed E-state index contributed by atoms with van der Waals surface area (Å²) in [5, 5.41) is 0. The van der Waals surface area contributed by atoms with E-state index >= 15 is 0 Å². The fourth-order valence-corrected chi connectivity index (χ4v) is 0.976. The number of imidazole rings is 1. The zero-order valence-corrected chi connectivity index (χ0v) is 7.16. The molecule has 0 radical (unpaired) electrons. The summed E-state index contributed by atoms with van der Waals surface area (Å²) in [4.78, 5) is 15.2. The largest absolute Gasteiger partial charge is 0.338 e. The molecule has 0 N–H and O–H groups in total. The number of Topliss-reactive ketones (excluding diaryl/α,β-unsaturated/α-hetero) is 1. The third-order valence-corrected chi connectivity index (χ3v) is 1.65. The van der Waals surface area contributed by atoms with Gasteiger partial charge in [0, 0.05) is 25.9 Å². The van der Waals surface area contributed by atoms with E-state index in [0.717, 1.165) is 5.82 Å². The molecule has 64 valence electrons. The van der Waals surface area contributed by atoms with Gasteiger partial charge in [-0.1, -0.05) is 6.08 Å². The van der Waals surface area contributed by atoms with Crippen molar-refractivity contribution in [2.24, 2.45) is 7.05 Å². The minimum atomic E-state index is 0.152. The first-order chi connectivity index (χ1) is 5.74. The lowest BCUT2D eigenvalue weighted by Crippen LogP contribution is -2.06. The smallest absolute Gasteiger partial charge is 0.144 e. The molecule has 3 heteroatoms. The van der Waals surface area contributed by atoms with Gasteiger partial charge in [0.25, 0.3) is 0 Å². The van der Waals surface area contributed by atoms with E-state index in [1.165, 1.54) is 0 Å². The Balaban J connectivity index is 2.57. The zero-order chi connectivity index (χ0) is 8.97. The van der Waals surface area contributed by atoms with Gasteiger partial charge in [-0.15, -0.1) is 6.58 Å². The van der Waals surface area contributed by atoms with Crippen LogP contribution < -0.4 is 0 Å². The molecule has 0 spiro atoms. The van der Waals surface area contributed by atoms with Gasteiger partial charge in [0.1, 0.15) is 11.6 Å². The van der Waals surface area contributed by atoms with Gasteiger partial charge in [0.15, 0.2) is 0 Å². The molecule has 0 aromatic carbocycles. The molecule has 1 aromatic rings. The topological polar surface area (TPSA) is 34.9 Å². The molecular weight excluding hydrogens is 152 g/mol. The van der Waals surface area contributed by atoms with Crippen LogP contribution in [-0.2, 0) is 18.3 Å². The molecule has 1 aromatic heterocycles. The average Bonchev–Trinajstić information content (AvgIpc) is 2.37. The lowest BCUT2D eigenvalue weighted by Gasteiger charge is -1.98. The summed E-state index contributed by atoms with van der Waals surface area (Å²) in [6, 6.07) is 0. The van der Waals surface area contributed by atoms with Crippen LogP contribution in [0.2, 0.25) is 0 Å². The van der Waals surface area contributed by atoms with E-state index in [0.29, 0.717) is 12.8 Å². The molecule has 0 bridgehead atoms. The fraction of sp³-hybridized carbons (Fsp3) is 0.333. The molecule has 0 saturated carbocycles. The highest BCUT2D eigenvalue weighted by atomic mass is 16.1. The summed E-state index contributed by atoms with van der Waals surface area (Å²) >= 11 is 0. The first-order valence-corrected chi connectivity index (χ1v) is 3.83. The molecule has 0 aliphatic carbocycles. The number of ketones is 1. The van der Waals surface area contributed by atoms with Crippen molar-refractivity contribution >= 4 is 5.78 Å². The van der Waals surface area contributed by atoms with E-state index in [4.69, 9.17) is 0 Å². The van der Waals surface area contributed by atoms with Crippen LogP contribution in [0.5, 0.6) is 0 Å². The summed E-state index contributed by atoms with van der Waals surface area (Å²) < 4.78 is 1.85. The van der Waals surface area contributed by atoms with E-state index in [1.807, 2.05) is 17.8 Å². The summed E-state index contributed by atoms with van der Waals surface area (Å²) in [7, 11) is 1.88. The van der Waals surface area contributed by atoms with Crippen LogP contribution in [0.25, 0.3) is 0 Å². The van der Waals surface area contributed by atoms with E-state index < -0.39 is 0 Å². The van der Waals surface area contributed by atoms with Crippen molar-refractivity contribution in [3.05, 3.63) is 30.9 Å². The maximum absolute atomic E-state index is 11.1. The second kappa shape index (κ2) is 3.85. The molecule has 3 nitrogen and oxygen atoms in total. The summed E-state index contributed by atoms with van der Waals surface area (Å²) in [5.74, 6) is 0.959. The Morgan fingerprint density at radius 1 is 1.83 bits per heavy atom. The SMILES string of the molecule is C=CCC(=O)Cc1nccn1C. The first kappa shape index (κ1) is 8.71. The maximum atomic E-state index is 11.1. The number of rotatable bonds is 4. The predicted molar refractivity (Wildman–Crippen MR) is 46.7 cm³/mol. The number of nitrogens with zero attached hydrogens (tertiary/aromatic N) is 2. The monoisotopic (exact) mass is 164 g/mol. The molecule has 12 heavy (non-hydrogen) atoms. The van der Waals surface area contributed by atoms with Crippen molar-refractivity contribution in [2.45, 2.75) is 12.8 Å². The minimum absolute atomic E-state index is 0.152. The number of hydrogen-bond donors (Lipinski definition) is 0. The van der Waals surface area contributed by atoms with E-state index in [1.54, 1.807) is 12.3 Å². The molecule has 0 saturated heterocycles. The van der Waals surface area contributed by atoms with Crippen LogP contribution >= 0.6 is 0 Å². The zero-order valence-electron chi connectivity index (χ0n) is 7.16. The normalized spacial score (nSPS) is 9.75. The van der Waals surface area contributed by atoms with Crippen molar-refractivity contribution in [1.82, 2.24) is 9.55 Å². The van der Waals surface area contributed by atoms with Crippen LogP contribution in [-0.4, -0.2) is 15.3 Å². The van der Waals surface area contributed by atoms with Crippen LogP contribution in [0.15, 0.2) is 25.0 Å². The van der Waals surface area contributed by atoms with Gasteiger partial charge in [0.2, 0.25) is 0 Å². The van der Waals surface area contributed by atoms with Gasteiger partial charge in [0.05, 0.1) is 6.42 Å².